The van der Waals surface area contributed by atoms with Crippen molar-refractivity contribution in [3.63, 3.8) is 0 Å². The van der Waals surface area contributed by atoms with E-state index >= 15 is 0 Å². The lowest BCUT2D eigenvalue weighted by Gasteiger charge is -2.19. The molecule has 1 aromatic rings. The number of ether oxygens (including phenoxy) is 2. The fourth-order valence-electron chi connectivity index (χ4n) is 2.72. The second-order valence-electron chi connectivity index (χ2n) is 6.33. The minimum atomic E-state index is 0.180. The highest BCUT2D eigenvalue weighted by Crippen LogP contribution is 2.13. The molecule has 7 heteroatoms. The maximum atomic E-state index is 5.86. The van der Waals surface area contributed by atoms with Crippen molar-refractivity contribution in [3.05, 3.63) is 17.0 Å². The van der Waals surface area contributed by atoms with Gasteiger partial charge in [-0.05, 0) is 34.1 Å². The zero-order chi connectivity index (χ0) is 17.5. The van der Waals surface area contributed by atoms with E-state index in [1.54, 1.807) is 0 Å². The topological polar surface area (TPSA) is 72.7 Å². The number of aryl methyl sites for hydroxylation is 2. The lowest BCUT2D eigenvalue weighted by molar-refractivity contribution is 0.0347. The van der Waals surface area contributed by atoms with E-state index in [0.717, 1.165) is 36.9 Å². The van der Waals surface area contributed by atoms with Crippen LogP contribution in [0.1, 0.15) is 37.2 Å². The molecule has 2 heterocycles. The quantitative estimate of drug-likeness (QED) is 0.579. The molecule has 1 aliphatic heterocycles. The zero-order valence-electron chi connectivity index (χ0n) is 15.6. The van der Waals surface area contributed by atoms with Crippen LogP contribution in [0.4, 0.5) is 0 Å². The summed E-state index contributed by atoms with van der Waals surface area (Å²) in [6, 6.07) is 0.180. The molecule has 0 spiro atoms. The Hall–Kier alpha value is -1.60. The van der Waals surface area contributed by atoms with Crippen LogP contribution in [0.3, 0.4) is 0 Å². The first kappa shape index (κ1) is 18.7. The molecule has 24 heavy (non-hydrogen) atoms. The normalized spacial score (nSPS) is 19.5. The molecule has 0 aliphatic carbocycles. The van der Waals surface area contributed by atoms with E-state index in [1.807, 2.05) is 18.7 Å². The van der Waals surface area contributed by atoms with Crippen LogP contribution in [0, 0.1) is 13.8 Å². The van der Waals surface area contributed by atoms with Gasteiger partial charge in [-0.25, -0.2) is 4.99 Å². The number of aliphatic imine (C=N–C) groups is 1. The van der Waals surface area contributed by atoms with Crippen molar-refractivity contribution in [2.75, 3.05) is 26.4 Å². The predicted molar refractivity (Wildman–Crippen MR) is 95.3 cm³/mol. The number of aromatic nitrogens is 2. The molecule has 1 fully saturated rings. The Balaban J connectivity index is 1.89. The second-order valence-corrected chi connectivity index (χ2v) is 6.33. The molecule has 1 aromatic heterocycles. The zero-order valence-corrected chi connectivity index (χ0v) is 15.6. The van der Waals surface area contributed by atoms with E-state index in [2.05, 4.69) is 36.5 Å². The maximum absolute atomic E-state index is 5.86. The highest BCUT2D eigenvalue weighted by molar-refractivity contribution is 5.80. The third-order valence-corrected chi connectivity index (χ3v) is 4.25. The van der Waals surface area contributed by atoms with Gasteiger partial charge in [0.15, 0.2) is 5.96 Å². The molecule has 7 nitrogen and oxygen atoms in total. The summed E-state index contributed by atoms with van der Waals surface area (Å²) in [6.45, 7) is 11.9. The molecule has 1 saturated heterocycles. The summed E-state index contributed by atoms with van der Waals surface area (Å²) in [5.74, 6) is 0.805. The van der Waals surface area contributed by atoms with Crippen molar-refractivity contribution in [1.29, 1.82) is 0 Å². The summed E-state index contributed by atoms with van der Waals surface area (Å²) in [6.07, 6.45) is 1.22. The standard InChI is InChI=1S/C17H31N5O2/c1-6-18-17(19-9-16-13(3)21-22(5)14(16)4)20-12(2)10-24-15-7-8-23-11-15/h12,15H,6-11H2,1-5H3,(H2,18,19,20). The van der Waals surface area contributed by atoms with Gasteiger partial charge in [0.25, 0.3) is 0 Å². The van der Waals surface area contributed by atoms with Gasteiger partial charge in [-0.1, -0.05) is 0 Å². The van der Waals surface area contributed by atoms with Gasteiger partial charge >= 0.3 is 0 Å². The van der Waals surface area contributed by atoms with Gasteiger partial charge in [-0.2, -0.15) is 5.10 Å². The highest BCUT2D eigenvalue weighted by atomic mass is 16.5. The van der Waals surface area contributed by atoms with Crippen LogP contribution in [0.5, 0.6) is 0 Å². The van der Waals surface area contributed by atoms with E-state index in [9.17, 15) is 0 Å². The fourth-order valence-corrected chi connectivity index (χ4v) is 2.72. The number of nitrogens with zero attached hydrogens (tertiary/aromatic N) is 3. The van der Waals surface area contributed by atoms with Crippen molar-refractivity contribution in [1.82, 2.24) is 20.4 Å². The van der Waals surface area contributed by atoms with Crippen LogP contribution in [0.25, 0.3) is 0 Å². The third kappa shape index (κ3) is 5.21. The molecule has 0 saturated carbocycles. The Labute approximate surface area is 144 Å². The molecule has 2 atom stereocenters. The third-order valence-electron chi connectivity index (χ3n) is 4.25. The van der Waals surface area contributed by atoms with Crippen LogP contribution in [-0.2, 0) is 23.1 Å². The van der Waals surface area contributed by atoms with E-state index in [-0.39, 0.29) is 12.1 Å². The second kappa shape index (κ2) is 9.03. The van der Waals surface area contributed by atoms with E-state index in [1.165, 1.54) is 5.56 Å². The molecule has 2 rings (SSSR count). The van der Waals surface area contributed by atoms with Crippen LogP contribution < -0.4 is 10.6 Å². The Morgan fingerprint density at radius 3 is 2.88 bits per heavy atom. The SMILES string of the molecule is CCNC(=NCc1c(C)nn(C)c1C)NC(C)COC1CCOC1. The van der Waals surface area contributed by atoms with Crippen molar-refractivity contribution in [2.24, 2.45) is 12.0 Å². The molecule has 136 valence electrons. The van der Waals surface area contributed by atoms with Gasteiger partial charge in [0.2, 0.25) is 0 Å². The Kier molecular flexibility index (Phi) is 7.05. The molecular weight excluding hydrogens is 306 g/mol. The maximum Gasteiger partial charge on any atom is 0.191 e. The Morgan fingerprint density at radius 2 is 2.29 bits per heavy atom. The molecular formula is C17H31N5O2. The van der Waals surface area contributed by atoms with Crippen molar-refractivity contribution in [3.8, 4) is 0 Å². The largest absolute Gasteiger partial charge is 0.379 e. The Morgan fingerprint density at radius 1 is 1.50 bits per heavy atom. The van der Waals surface area contributed by atoms with E-state index in [0.29, 0.717) is 19.8 Å². The number of guanidine groups is 1. The lowest BCUT2D eigenvalue weighted by atomic mass is 10.2. The lowest BCUT2D eigenvalue weighted by Crippen LogP contribution is -2.44. The highest BCUT2D eigenvalue weighted by Gasteiger charge is 2.17. The van der Waals surface area contributed by atoms with Crippen LogP contribution >= 0.6 is 0 Å². The average Bonchev–Trinajstić information content (AvgIpc) is 3.13. The van der Waals surface area contributed by atoms with Crippen LogP contribution in [0.2, 0.25) is 0 Å². The van der Waals surface area contributed by atoms with Gasteiger partial charge in [0.05, 0.1) is 31.6 Å². The van der Waals surface area contributed by atoms with Crippen molar-refractivity contribution < 1.29 is 9.47 Å². The molecule has 2 unspecified atom stereocenters. The summed E-state index contributed by atoms with van der Waals surface area (Å²) in [7, 11) is 1.96. The monoisotopic (exact) mass is 337 g/mol. The number of hydrogen-bond donors (Lipinski definition) is 2. The smallest absolute Gasteiger partial charge is 0.191 e. The summed E-state index contributed by atoms with van der Waals surface area (Å²) < 4.78 is 13.1. The van der Waals surface area contributed by atoms with Gasteiger partial charge < -0.3 is 20.1 Å². The average molecular weight is 337 g/mol. The van der Waals surface area contributed by atoms with E-state index in [4.69, 9.17) is 14.5 Å². The summed E-state index contributed by atoms with van der Waals surface area (Å²) in [4.78, 5) is 4.70. The molecule has 0 radical (unpaired) electrons. The van der Waals surface area contributed by atoms with Crippen LogP contribution in [0.15, 0.2) is 4.99 Å². The fraction of sp³-hybridized carbons (Fsp3) is 0.765. The number of hydrogen-bond acceptors (Lipinski definition) is 4. The first-order valence-corrected chi connectivity index (χ1v) is 8.74. The van der Waals surface area contributed by atoms with Crippen molar-refractivity contribution in [2.45, 2.75) is 52.8 Å². The van der Waals surface area contributed by atoms with Gasteiger partial charge in [0, 0.05) is 37.5 Å². The first-order chi connectivity index (χ1) is 11.5. The predicted octanol–water partition coefficient (Wildman–Crippen LogP) is 1.29. The Bertz CT molecular complexity index is 549. The summed E-state index contributed by atoms with van der Waals surface area (Å²) in [5.41, 5.74) is 3.37. The van der Waals surface area contributed by atoms with E-state index < -0.39 is 0 Å². The van der Waals surface area contributed by atoms with Gasteiger partial charge in [-0.3, -0.25) is 4.68 Å². The van der Waals surface area contributed by atoms with Crippen LogP contribution in [-0.4, -0.2) is 54.3 Å². The van der Waals surface area contributed by atoms with Crippen molar-refractivity contribution >= 4 is 5.96 Å². The van der Waals surface area contributed by atoms with Gasteiger partial charge in [-0.15, -0.1) is 0 Å². The number of nitrogens with one attached hydrogen (secondary N) is 2. The molecule has 0 amide bonds. The minimum absolute atomic E-state index is 0.180. The summed E-state index contributed by atoms with van der Waals surface area (Å²) in [5, 5.41) is 11.1. The summed E-state index contributed by atoms with van der Waals surface area (Å²) >= 11 is 0. The molecule has 0 aromatic carbocycles. The minimum Gasteiger partial charge on any atom is -0.379 e. The van der Waals surface area contributed by atoms with Gasteiger partial charge in [0.1, 0.15) is 0 Å². The first-order valence-electron chi connectivity index (χ1n) is 8.74. The molecule has 2 N–H and O–H groups in total. The number of rotatable bonds is 7. The molecule has 0 bridgehead atoms. The molecule has 1 aliphatic rings.